The second-order valence-electron chi connectivity index (χ2n) is 8.75. The summed E-state index contributed by atoms with van der Waals surface area (Å²) in [7, 11) is 0. The van der Waals surface area contributed by atoms with Gasteiger partial charge in [-0.3, -0.25) is 9.88 Å². The molecule has 3 aromatic rings. The van der Waals surface area contributed by atoms with Gasteiger partial charge < -0.3 is 18.8 Å². The van der Waals surface area contributed by atoms with Crippen molar-refractivity contribution in [2.75, 3.05) is 44.5 Å². The molecule has 1 aromatic carbocycles. The van der Waals surface area contributed by atoms with Gasteiger partial charge in [0, 0.05) is 61.0 Å². The molecule has 0 amide bonds. The molecule has 4 heterocycles. The normalized spacial score (nSPS) is 19.8. The number of fused-ring (bicyclic) bond motifs is 2. The predicted molar refractivity (Wildman–Crippen MR) is 127 cm³/mol. The number of aromatic nitrogens is 3. The van der Waals surface area contributed by atoms with E-state index in [1.165, 1.54) is 5.69 Å². The first-order chi connectivity index (χ1) is 15.5. The number of ether oxygens (including phenoxy) is 2. The van der Waals surface area contributed by atoms with Crippen LogP contribution in [0.25, 0.3) is 17.3 Å². The van der Waals surface area contributed by atoms with Crippen molar-refractivity contribution < 1.29 is 9.47 Å². The Kier molecular flexibility index (Phi) is 5.61. The summed E-state index contributed by atoms with van der Waals surface area (Å²) in [5, 5.41) is 0. The lowest BCUT2D eigenvalue weighted by atomic mass is 10.1. The van der Waals surface area contributed by atoms with Crippen LogP contribution in [0.5, 0.6) is 5.75 Å². The Morgan fingerprint density at radius 3 is 2.81 bits per heavy atom. The number of rotatable bonds is 3. The summed E-state index contributed by atoms with van der Waals surface area (Å²) in [4.78, 5) is 14.3. The van der Waals surface area contributed by atoms with Crippen LogP contribution in [0.3, 0.4) is 0 Å². The van der Waals surface area contributed by atoms with Gasteiger partial charge in [-0.1, -0.05) is 6.92 Å². The molecule has 5 rings (SSSR count). The lowest BCUT2D eigenvalue weighted by Gasteiger charge is -2.40. The van der Waals surface area contributed by atoms with Crippen LogP contribution >= 0.6 is 0 Å². The van der Waals surface area contributed by atoms with E-state index in [9.17, 15) is 0 Å². The second-order valence-corrected chi connectivity index (χ2v) is 8.75. The first-order valence-electron chi connectivity index (χ1n) is 11.4. The molecule has 0 N–H and O–H groups in total. The zero-order valence-corrected chi connectivity index (χ0v) is 19.3. The van der Waals surface area contributed by atoms with Gasteiger partial charge in [0.2, 0.25) is 0 Å². The van der Waals surface area contributed by atoms with E-state index in [4.69, 9.17) is 14.5 Å². The minimum absolute atomic E-state index is 0.223. The lowest BCUT2D eigenvalue weighted by Crippen LogP contribution is -2.51. The average molecular weight is 434 g/mol. The maximum Gasteiger partial charge on any atom is 0.189 e. The number of aryl methyl sites for hydroxylation is 2. The first-order valence-corrected chi connectivity index (χ1v) is 11.4. The fourth-order valence-corrected chi connectivity index (χ4v) is 4.76. The van der Waals surface area contributed by atoms with Crippen molar-refractivity contribution in [3.8, 4) is 5.75 Å². The molecule has 0 unspecified atom stereocenters. The van der Waals surface area contributed by atoms with Gasteiger partial charge in [0.1, 0.15) is 5.75 Å². The largest absolute Gasteiger partial charge is 0.467 e. The van der Waals surface area contributed by atoms with E-state index in [1.54, 1.807) is 0 Å². The van der Waals surface area contributed by atoms with Crippen molar-refractivity contribution in [1.29, 1.82) is 0 Å². The Hall–Kier alpha value is -2.90. The van der Waals surface area contributed by atoms with E-state index in [2.05, 4.69) is 59.1 Å². The molecule has 0 radical (unpaired) electrons. The molecule has 0 saturated carbocycles. The highest BCUT2D eigenvalue weighted by atomic mass is 16.7. The third-order valence-electron chi connectivity index (χ3n) is 6.47. The van der Waals surface area contributed by atoms with E-state index < -0.39 is 0 Å². The van der Waals surface area contributed by atoms with Crippen molar-refractivity contribution in [1.82, 2.24) is 19.3 Å². The van der Waals surface area contributed by atoms with Crippen molar-refractivity contribution in [2.24, 2.45) is 0 Å². The van der Waals surface area contributed by atoms with Crippen molar-refractivity contribution >= 4 is 23.0 Å². The summed E-state index contributed by atoms with van der Waals surface area (Å²) in [6.07, 6.45) is 6.19. The Labute approximate surface area is 189 Å². The average Bonchev–Trinajstić information content (AvgIpc) is 3.18. The summed E-state index contributed by atoms with van der Waals surface area (Å²) in [6.45, 7) is 13.4. The number of likely N-dealkylation sites (N-methyl/N-ethyl adjacent to an activating group) is 1. The van der Waals surface area contributed by atoms with Gasteiger partial charge in [-0.2, -0.15) is 0 Å². The maximum atomic E-state index is 5.97. The van der Waals surface area contributed by atoms with Crippen LogP contribution in [0.15, 0.2) is 30.6 Å². The molecular weight excluding hydrogens is 402 g/mol. The van der Waals surface area contributed by atoms with Crippen LogP contribution in [-0.4, -0.2) is 64.9 Å². The third-order valence-corrected chi connectivity index (χ3v) is 6.47. The van der Waals surface area contributed by atoms with Crippen molar-refractivity contribution in [3.63, 3.8) is 0 Å². The molecule has 7 heteroatoms. The molecule has 1 saturated heterocycles. The van der Waals surface area contributed by atoms with Gasteiger partial charge >= 0.3 is 0 Å². The van der Waals surface area contributed by atoms with Crippen LogP contribution in [0.1, 0.15) is 36.5 Å². The number of nitrogens with zero attached hydrogens (tertiary/aromatic N) is 5. The number of hydrogen-bond acceptors (Lipinski definition) is 6. The molecule has 0 aliphatic carbocycles. The molecule has 1 fully saturated rings. The van der Waals surface area contributed by atoms with Gasteiger partial charge in [-0.05, 0) is 45.5 Å². The summed E-state index contributed by atoms with van der Waals surface area (Å²) in [5.74, 6) is 0.850. The van der Waals surface area contributed by atoms with Crippen LogP contribution < -0.4 is 9.64 Å². The molecule has 32 heavy (non-hydrogen) atoms. The van der Waals surface area contributed by atoms with Gasteiger partial charge in [-0.15, -0.1) is 0 Å². The summed E-state index contributed by atoms with van der Waals surface area (Å²) < 4.78 is 13.8. The Morgan fingerprint density at radius 1 is 1.12 bits per heavy atom. The quantitative estimate of drug-likeness (QED) is 0.627. The first kappa shape index (κ1) is 21.0. The molecule has 0 bridgehead atoms. The topological polar surface area (TPSA) is 55.1 Å². The summed E-state index contributed by atoms with van der Waals surface area (Å²) in [5.41, 5.74) is 6.97. The van der Waals surface area contributed by atoms with Crippen LogP contribution in [0.2, 0.25) is 0 Å². The fourth-order valence-electron chi connectivity index (χ4n) is 4.76. The summed E-state index contributed by atoms with van der Waals surface area (Å²) >= 11 is 0. The molecule has 1 atom stereocenters. The molecule has 0 spiro atoms. The van der Waals surface area contributed by atoms with Gasteiger partial charge in [0.25, 0.3) is 0 Å². The molecule has 7 nitrogen and oxygen atoms in total. The standard InChI is InChI=1S/C25H31N5O2/c1-5-28-8-9-29(13-18(28)3)22-7-6-20-10-21(15-31-16-32-24(20)11-22)23-14-30-12-17(2)26-19(4)25(30)27-23/h6-7,10-12,14,18H,5,8-9,13,15-16H2,1-4H3/t18-/m0/s1. The van der Waals surface area contributed by atoms with E-state index in [0.717, 1.165) is 65.8 Å². The molecule has 2 aromatic heterocycles. The van der Waals surface area contributed by atoms with Gasteiger partial charge in [0.15, 0.2) is 12.4 Å². The molecular formula is C25H31N5O2. The number of imidazole rings is 1. The smallest absolute Gasteiger partial charge is 0.189 e. The molecule has 2 aliphatic rings. The van der Waals surface area contributed by atoms with E-state index >= 15 is 0 Å². The predicted octanol–water partition coefficient (Wildman–Crippen LogP) is 3.78. The number of anilines is 1. The molecule has 168 valence electrons. The zero-order chi connectivity index (χ0) is 22.2. The number of hydrogen-bond donors (Lipinski definition) is 0. The Morgan fingerprint density at radius 2 is 2.00 bits per heavy atom. The van der Waals surface area contributed by atoms with Gasteiger partial charge in [-0.25, -0.2) is 4.98 Å². The minimum Gasteiger partial charge on any atom is -0.467 e. The highest BCUT2D eigenvalue weighted by molar-refractivity contribution is 5.84. The maximum absolute atomic E-state index is 5.97. The van der Waals surface area contributed by atoms with Gasteiger partial charge in [0.05, 0.1) is 23.7 Å². The van der Waals surface area contributed by atoms with Crippen LogP contribution in [0.4, 0.5) is 5.69 Å². The number of piperazine rings is 1. The highest BCUT2D eigenvalue weighted by Gasteiger charge is 2.23. The van der Waals surface area contributed by atoms with Crippen molar-refractivity contribution in [2.45, 2.75) is 33.7 Å². The Bertz CT molecular complexity index is 1170. The van der Waals surface area contributed by atoms with E-state index in [1.807, 2.05) is 24.4 Å². The lowest BCUT2D eigenvalue weighted by molar-refractivity contribution is 0.0324. The minimum atomic E-state index is 0.223. The highest BCUT2D eigenvalue weighted by Crippen LogP contribution is 2.32. The molecule has 2 aliphatic heterocycles. The summed E-state index contributed by atoms with van der Waals surface area (Å²) in [6, 6.07) is 7.05. The number of benzene rings is 1. The van der Waals surface area contributed by atoms with Crippen LogP contribution in [0, 0.1) is 13.8 Å². The second kappa shape index (κ2) is 8.56. The van der Waals surface area contributed by atoms with E-state index in [0.29, 0.717) is 12.6 Å². The zero-order valence-electron chi connectivity index (χ0n) is 19.3. The van der Waals surface area contributed by atoms with Crippen LogP contribution in [-0.2, 0) is 4.74 Å². The third kappa shape index (κ3) is 3.98. The monoisotopic (exact) mass is 433 g/mol. The van der Waals surface area contributed by atoms with E-state index in [-0.39, 0.29) is 6.79 Å². The van der Waals surface area contributed by atoms with Crippen molar-refractivity contribution in [3.05, 3.63) is 53.2 Å². The fraction of sp³-hybridized carbons (Fsp3) is 0.440. The SMILES string of the molecule is CCN1CCN(c2ccc3c(c2)OCOCC(c2cn4cc(C)nc(C)c4n2)=C3)C[C@@H]1C. The Balaban J connectivity index is 1.46.